The van der Waals surface area contributed by atoms with Crippen molar-refractivity contribution in [3.05, 3.63) is 23.7 Å². The van der Waals surface area contributed by atoms with Crippen molar-refractivity contribution in [2.75, 3.05) is 33.2 Å². The Morgan fingerprint density at radius 3 is 2.14 bits per heavy atom. The number of nitrogens with two attached hydrogens (primary N) is 2. The zero-order valence-electron chi connectivity index (χ0n) is 9.03. The summed E-state index contributed by atoms with van der Waals surface area (Å²) in [6.45, 7) is 5.99. The molecule has 1 fully saturated rings. The third-order valence-electron chi connectivity index (χ3n) is 2.39. The predicted octanol–water partition coefficient (Wildman–Crippen LogP) is -0.104. The van der Waals surface area contributed by atoms with Crippen LogP contribution in [0.1, 0.15) is 6.92 Å². The molecule has 14 heavy (non-hydrogen) atoms. The molecule has 0 unspecified atom stereocenters. The van der Waals surface area contributed by atoms with Gasteiger partial charge in [-0.2, -0.15) is 0 Å². The topological polar surface area (TPSA) is 58.5 Å². The molecule has 0 amide bonds. The van der Waals surface area contributed by atoms with Gasteiger partial charge in [-0.25, -0.2) is 0 Å². The standard InChI is InChI=1S/C10H20N4/c1-9(11)3-4-10(12)14-7-5-13(2)6-8-14/h3-4H,5-8,11-12H2,1-2H3/b9-3-,10-4+. The predicted molar refractivity (Wildman–Crippen MR) is 59.3 cm³/mol. The molecule has 0 aromatic heterocycles. The van der Waals surface area contributed by atoms with Gasteiger partial charge in [-0.15, -0.1) is 0 Å². The summed E-state index contributed by atoms with van der Waals surface area (Å²) in [5.41, 5.74) is 12.2. The molecule has 1 heterocycles. The third kappa shape index (κ3) is 3.30. The van der Waals surface area contributed by atoms with E-state index in [0.717, 1.165) is 37.7 Å². The van der Waals surface area contributed by atoms with Crippen molar-refractivity contribution in [3.8, 4) is 0 Å². The normalized spacial score (nSPS) is 21.4. The van der Waals surface area contributed by atoms with Crippen LogP contribution < -0.4 is 11.5 Å². The fourth-order valence-corrected chi connectivity index (χ4v) is 1.39. The first-order valence-electron chi connectivity index (χ1n) is 4.92. The van der Waals surface area contributed by atoms with Crippen LogP contribution in [0.2, 0.25) is 0 Å². The van der Waals surface area contributed by atoms with Crippen LogP contribution in [0, 0.1) is 0 Å². The lowest BCUT2D eigenvalue weighted by atomic mass is 10.3. The van der Waals surface area contributed by atoms with Gasteiger partial charge < -0.3 is 21.3 Å². The van der Waals surface area contributed by atoms with Crippen molar-refractivity contribution in [1.82, 2.24) is 9.80 Å². The Kier molecular flexibility index (Phi) is 3.83. The molecular formula is C10H20N4. The summed E-state index contributed by atoms with van der Waals surface area (Å²) < 4.78 is 0. The van der Waals surface area contributed by atoms with Gasteiger partial charge in [0.15, 0.2) is 0 Å². The molecule has 0 saturated carbocycles. The lowest BCUT2D eigenvalue weighted by molar-refractivity contribution is 0.185. The molecule has 1 rings (SSSR count). The average molecular weight is 196 g/mol. The van der Waals surface area contributed by atoms with Crippen LogP contribution >= 0.6 is 0 Å². The Labute approximate surface area is 85.8 Å². The highest BCUT2D eigenvalue weighted by molar-refractivity contribution is 5.12. The van der Waals surface area contributed by atoms with Crippen molar-refractivity contribution >= 4 is 0 Å². The summed E-state index contributed by atoms with van der Waals surface area (Å²) in [7, 11) is 2.13. The van der Waals surface area contributed by atoms with Crippen LogP contribution in [0.4, 0.5) is 0 Å². The Morgan fingerprint density at radius 2 is 1.64 bits per heavy atom. The molecule has 0 bridgehead atoms. The molecule has 80 valence electrons. The minimum atomic E-state index is 0.780. The van der Waals surface area contributed by atoms with Gasteiger partial charge in [0.25, 0.3) is 0 Å². The van der Waals surface area contributed by atoms with Crippen molar-refractivity contribution < 1.29 is 0 Å². The molecule has 4 heteroatoms. The Morgan fingerprint density at radius 1 is 1.07 bits per heavy atom. The summed E-state index contributed by atoms with van der Waals surface area (Å²) in [5.74, 6) is 0.808. The second-order valence-electron chi connectivity index (χ2n) is 3.79. The first-order chi connectivity index (χ1) is 6.59. The second kappa shape index (κ2) is 4.91. The smallest absolute Gasteiger partial charge is 0.0987 e. The lowest BCUT2D eigenvalue weighted by Gasteiger charge is -2.33. The quantitative estimate of drug-likeness (QED) is 0.605. The van der Waals surface area contributed by atoms with E-state index in [4.69, 9.17) is 11.5 Å². The van der Waals surface area contributed by atoms with E-state index in [1.54, 1.807) is 0 Å². The molecule has 0 aromatic carbocycles. The van der Waals surface area contributed by atoms with E-state index in [1.807, 2.05) is 19.1 Å². The molecule has 4 nitrogen and oxygen atoms in total. The fraction of sp³-hybridized carbons (Fsp3) is 0.600. The zero-order valence-corrected chi connectivity index (χ0v) is 9.03. The highest BCUT2D eigenvalue weighted by atomic mass is 15.3. The SMILES string of the molecule is C/C(N)=C/C=C(\N)N1CCN(C)CC1. The highest BCUT2D eigenvalue weighted by Crippen LogP contribution is 2.04. The monoisotopic (exact) mass is 196 g/mol. The van der Waals surface area contributed by atoms with Crippen molar-refractivity contribution in [2.24, 2.45) is 11.5 Å². The lowest BCUT2D eigenvalue weighted by Crippen LogP contribution is -2.45. The number of rotatable bonds is 2. The van der Waals surface area contributed by atoms with Crippen LogP contribution in [0.3, 0.4) is 0 Å². The Hall–Kier alpha value is -1.16. The molecule has 0 aliphatic carbocycles. The van der Waals surface area contributed by atoms with Gasteiger partial charge in [0.2, 0.25) is 0 Å². The average Bonchev–Trinajstić information content (AvgIpc) is 2.15. The van der Waals surface area contributed by atoms with Crippen LogP contribution in [-0.4, -0.2) is 43.0 Å². The summed E-state index contributed by atoms with van der Waals surface area (Å²) in [6, 6.07) is 0. The molecule has 1 aliphatic rings. The summed E-state index contributed by atoms with van der Waals surface area (Å²) >= 11 is 0. The molecular weight excluding hydrogens is 176 g/mol. The van der Waals surface area contributed by atoms with Crippen LogP contribution in [-0.2, 0) is 0 Å². The highest BCUT2D eigenvalue weighted by Gasteiger charge is 2.13. The third-order valence-corrected chi connectivity index (χ3v) is 2.39. The van der Waals surface area contributed by atoms with Gasteiger partial charge in [0.05, 0.1) is 5.82 Å². The van der Waals surface area contributed by atoms with Crippen LogP contribution in [0.15, 0.2) is 23.7 Å². The van der Waals surface area contributed by atoms with E-state index in [1.165, 1.54) is 0 Å². The zero-order chi connectivity index (χ0) is 10.6. The van der Waals surface area contributed by atoms with Crippen LogP contribution in [0.5, 0.6) is 0 Å². The van der Waals surface area contributed by atoms with Gasteiger partial charge in [-0.1, -0.05) is 0 Å². The first-order valence-corrected chi connectivity index (χ1v) is 4.92. The molecule has 0 radical (unpaired) electrons. The van der Waals surface area contributed by atoms with Gasteiger partial charge in [0, 0.05) is 31.9 Å². The Bertz CT molecular complexity index is 233. The maximum Gasteiger partial charge on any atom is 0.0987 e. The number of nitrogens with zero attached hydrogens (tertiary/aromatic N) is 2. The minimum absolute atomic E-state index is 0.780. The van der Waals surface area contributed by atoms with Crippen LogP contribution in [0.25, 0.3) is 0 Å². The maximum absolute atomic E-state index is 5.91. The summed E-state index contributed by atoms with van der Waals surface area (Å²) in [6.07, 6.45) is 3.72. The number of hydrogen-bond acceptors (Lipinski definition) is 4. The number of piperazine rings is 1. The molecule has 1 aliphatic heterocycles. The second-order valence-corrected chi connectivity index (χ2v) is 3.79. The summed E-state index contributed by atoms with van der Waals surface area (Å²) in [4.78, 5) is 4.48. The minimum Gasteiger partial charge on any atom is -0.402 e. The maximum atomic E-state index is 5.91. The molecule has 0 aromatic rings. The Balaban J connectivity index is 2.49. The summed E-state index contributed by atoms with van der Waals surface area (Å²) in [5, 5.41) is 0. The molecule has 0 atom stereocenters. The number of likely N-dealkylation sites (N-methyl/N-ethyl adjacent to an activating group) is 1. The van der Waals surface area contributed by atoms with Crippen molar-refractivity contribution in [3.63, 3.8) is 0 Å². The number of hydrogen-bond donors (Lipinski definition) is 2. The largest absolute Gasteiger partial charge is 0.402 e. The van der Waals surface area contributed by atoms with E-state index in [2.05, 4.69) is 16.8 Å². The first kappa shape index (κ1) is 10.9. The van der Waals surface area contributed by atoms with Gasteiger partial charge in [-0.3, -0.25) is 0 Å². The van der Waals surface area contributed by atoms with E-state index in [0.29, 0.717) is 0 Å². The van der Waals surface area contributed by atoms with Gasteiger partial charge in [-0.05, 0) is 26.1 Å². The van der Waals surface area contributed by atoms with Crippen molar-refractivity contribution in [2.45, 2.75) is 6.92 Å². The van der Waals surface area contributed by atoms with Gasteiger partial charge >= 0.3 is 0 Å². The van der Waals surface area contributed by atoms with E-state index < -0.39 is 0 Å². The van der Waals surface area contributed by atoms with Crippen molar-refractivity contribution in [1.29, 1.82) is 0 Å². The number of allylic oxidation sites excluding steroid dienone is 3. The van der Waals surface area contributed by atoms with E-state index >= 15 is 0 Å². The fourth-order valence-electron chi connectivity index (χ4n) is 1.39. The van der Waals surface area contributed by atoms with E-state index in [-0.39, 0.29) is 0 Å². The van der Waals surface area contributed by atoms with Gasteiger partial charge in [0.1, 0.15) is 0 Å². The molecule has 1 saturated heterocycles. The molecule has 4 N–H and O–H groups in total. The van der Waals surface area contributed by atoms with E-state index in [9.17, 15) is 0 Å². The molecule has 0 spiro atoms.